The van der Waals surface area contributed by atoms with Crippen LogP contribution in [0.4, 0.5) is 4.79 Å². The molecule has 0 aromatic heterocycles. The van der Waals surface area contributed by atoms with Crippen molar-refractivity contribution in [2.45, 2.75) is 57.2 Å². The van der Waals surface area contributed by atoms with E-state index >= 15 is 0 Å². The maximum Gasteiger partial charge on any atom is 0.411 e. The highest BCUT2D eigenvalue weighted by Crippen LogP contribution is 2.39. The lowest BCUT2D eigenvalue weighted by Gasteiger charge is -2.44. The Labute approximate surface area is 108 Å². The number of amides is 1. The Morgan fingerprint density at radius 2 is 2.33 bits per heavy atom. The van der Waals surface area contributed by atoms with Gasteiger partial charge in [0.2, 0.25) is 0 Å². The molecule has 0 aromatic carbocycles. The van der Waals surface area contributed by atoms with Crippen molar-refractivity contribution < 1.29 is 9.53 Å². The molecule has 2 rings (SSSR count). The number of fused-ring (bicyclic) bond motifs is 2. The van der Waals surface area contributed by atoms with Crippen molar-refractivity contribution in [2.75, 3.05) is 13.1 Å². The minimum Gasteiger partial charge on any atom is -0.444 e. The normalized spacial score (nSPS) is 31.0. The molecule has 2 fully saturated rings. The minimum absolute atomic E-state index is 0.168. The van der Waals surface area contributed by atoms with Crippen LogP contribution in [-0.4, -0.2) is 41.3 Å². The van der Waals surface area contributed by atoms with E-state index in [9.17, 15) is 4.79 Å². The topological polar surface area (TPSA) is 65.4 Å². The number of nitrogens with one attached hydrogen (secondary N) is 1. The molecule has 1 amide bonds. The highest BCUT2D eigenvalue weighted by atomic mass is 16.6. The Morgan fingerprint density at radius 3 is 2.94 bits per heavy atom. The summed E-state index contributed by atoms with van der Waals surface area (Å²) in [6.45, 7) is 7.09. The van der Waals surface area contributed by atoms with Crippen molar-refractivity contribution in [1.82, 2.24) is 10.2 Å². The van der Waals surface area contributed by atoms with Crippen molar-refractivity contribution in [3.05, 3.63) is 0 Å². The first-order valence-corrected chi connectivity index (χ1v) is 6.48. The van der Waals surface area contributed by atoms with E-state index in [-0.39, 0.29) is 17.7 Å². The highest BCUT2D eigenvalue weighted by Gasteiger charge is 2.52. The number of nitrogens with zero attached hydrogens (tertiary/aromatic N) is 2. The van der Waals surface area contributed by atoms with Crippen molar-refractivity contribution in [3.63, 3.8) is 0 Å². The molecule has 0 aromatic rings. The van der Waals surface area contributed by atoms with E-state index in [0.29, 0.717) is 13.0 Å². The summed E-state index contributed by atoms with van der Waals surface area (Å²) in [6, 6.07) is 2.38. The Bertz CT molecular complexity index is 379. The molecule has 2 bridgehead atoms. The average Bonchev–Trinajstić information content (AvgIpc) is 2.44. The Kier molecular flexibility index (Phi) is 3.24. The van der Waals surface area contributed by atoms with E-state index in [1.165, 1.54) is 0 Å². The molecule has 0 spiro atoms. The molecular weight excluding hydrogens is 230 g/mol. The molecule has 0 radical (unpaired) electrons. The lowest BCUT2D eigenvalue weighted by Crippen LogP contribution is -2.62. The van der Waals surface area contributed by atoms with Crippen LogP contribution in [0.3, 0.4) is 0 Å². The quantitative estimate of drug-likeness (QED) is 0.769. The Balaban J connectivity index is 2.19. The molecule has 18 heavy (non-hydrogen) atoms. The number of nitriles is 1. The molecule has 0 aliphatic carbocycles. The predicted molar refractivity (Wildman–Crippen MR) is 66.9 cm³/mol. The molecule has 100 valence electrons. The Hall–Kier alpha value is -1.28. The largest absolute Gasteiger partial charge is 0.444 e. The third-order valence-electron chi connectivity index (χ3n) is 3.65. The molecule has 2 saturated heterocycles. The van der Waals surface area contributed by atoms with Crippen molar-refractivity contribution in [1.29, 1.82) is 5.26 Å². The summed E-state index contributed by atoms with van der Waals surface area (Å²) in [6.07, 6.45) is 1.93. The zero-order chi connectivity index (χ0) is 13.4. The fourth-order valence-corrected chi connectivity index (χ4v) is 2.95. The molecule has 2 heterocycles. The summed E-state index contributed by atoms with van der Waals surface area (Å²) >= 11 is 0. The summed E-state index contributed by atoms with van der Waals surface area (Å²) < 4.78 is 5.48. The molecule has 0 unspecified atom stereocenters. The number of ether oxygens (including phenoxy) is 1. The van der Waals surface area contributed by atoms with Gasteiger partial charge in [0.15, 0.2) is 0 Å². The van der Waals surface area contributed by atoms with E-state index in [1.54, 1.807) is 0 Å². The number of carbonyl (C=O) groups excluding carboxylic acids is 1. The monoisotopic (exact) mass is 251 g/mol. The van der Waals surface area contributed by atoms with Gasteiger partial charge in [-0.1, -0.05) is 0 Å². The van der Waals surface area contributed by atoms with Gasteiger partial charge in [0.1, 0.15) is 5.60 Å². The minimum atomic E-state index is -0.491. The Morgan fingerprint density at radius 1 is 1.61 bits per heavy atom. The highest BCUT2D eigenvalue weighted by molar-refractivity contribution is 5.70. The second kappa shape index (κ2) is 4.43. The van der Waals surface area contributed by atoms with Crippen molar-refractivity contribution >= 4 is 6.09 Å². The standard InChI is InChI=1S/C13H21N3O2/c1-12(2,3)18-11(17)16-10-4-5-13(16,6-7-14)9-15-8-10/h10,15H,4-6,8-9H2,1-3H3/t10-,13-/m1/s1. The number of piperazine rings is 1. The van der Waals surface area contributed by atoms with Crippen LogP contribution in [0.5, 0.6) is 0 Å². The fraction of sp³-hybridized carbons (Fsp3) is 0.846. The predicted octanol–water partition coefficient (Wildman–Crippen LogP) is 1.64. The zero-order valence-electron chi connectivity index (χ0n) is 11.3. The van der Waals surface area contributed by atoms with E-state index < -0.39 is 5.60 Å². The van der Waals surface area contributed by atoms with Gasteiger partial charge < -0.3 is 10.1 Å². The first-order chi connectivity index (χ1) is 8.38. The van der Waals surface area contributed by atoms with Crippen LogP contribution >= 0.6 is 0 Å². The summed E-state index contributed by atoms with van der Waals surface area (Å²) in [5, 5.41) is 12.3. The number of hydrogen-bond acceptors (Lipinski definition) is 4. The second-order valence-electron chi connectivity index (χ2n) is 6.23. The smallest absolute Gasteiger partial charge is 0.411 e. The van der Waals surface area contributed by atoms with E-state index in [0.717, 1.165) is 19.4 Å². The maximum absolute atomic E-state index is 12.3. The van der Waals surface area contributed by atoms with Gasteiger partial charge in [0, 0.05) is 19.1 Å². The molecule has 0 saturated carbocycles. The first kappa shape index (κ1) is 13.2. The van der Waals surface area contributed by atoms with Crippen molar-refractivity contribution in [3.8, 4) is 6.07 Å². The fourth-order valence-electron chi connectivity index (χ4n) is 2.95. The number of rotatable bonds is 1. The molecule has 2 aliphatic heterocycles. The number of carbonyl (C=O) groups is 1. The van der Waals surface area contributed by atoms with Crippen LogP contribution in [0.25, 0.3) is 0 Å². The third-order valence-corrected chi connectivity index (χ3v) is 3.65. The van der Waals surface area contributed by atoms with Crippen LogP contribution in [0.15, 0.2) is 0 Å². The van der Waals surface area contributed by atoms with E-state index in [1.807, 2.05) is 25.7 Å². The SMILES string of the molecule is CC(C)(C)OC(=O)N1[C@@H]2CC[C@@]1(CC#N)CNC2. The van der Waals surface area contributed by atoms with Gasteiger partial charge in [-0.05, 0) is 33.6 Å². The summed E-state index contributed by atoms with van der Waals surface area (Å²) in [5.74, 6) is 0. The van der Waals surface area contributed by atoms with Crippen LogP contribution in [-0.2, 0) is 4.74 Å². The third kappa shape index (κ3) is 2.30. The number of hydrogen-bond donors (Lipinski definition) is 1. The summed E-state index contributed by atoms with van der Waals surface area (Å²) in [7, 11) is 0. The molecular formula is C13H21N3O2. The molecule has 5 nitrogen and oxygen atoms in total. The van der Waals surface area contributed by atoms with Gasteiger partial charge in [-0.25, -0.2) is 4.79 Å². The van der Waals surface area contributed by atoms with Gasteiger partial charge in [-0.15, -0.1) is 0 Å². The first-order valence-electron chi connectivity index (χ1n) is 6.48. The van der Waals surface area contributed by atoms with Crippen molar-refractivity contribution in [2.24, 2.45) is 0 Å². The molecule has 1 N–H and O–H groups in total. The lowest BCUT2D eigenvalue weighted by atomic mass is 9.92. The summed E-state index contributed by atoms with van der Waals surface area (Å²) in [4.78, 5) is 14.1. The molecule has 2 aliphatic rings. The van der Waals surface area contributed by atoms with Gasteiger partial charge in [-0.3, -0.25) is 4.90 Å². The maximum atomic E-state index is 12.3. The van der Waals surface area contributed by atoms with Crippen LogP contribution in [0, 0.1) is 11.3 Å². The van der Waals surface area contributed by atoms with Crippen LogP contribution in [0.2, 0.25) is 0 Å². The summed E-state index contributed by atoms with van der Waals surface area (Å²) in [5.41, 5.74) is -0.852. The zero-order valence-corrected chi connectivity index (χ0v) is 11.3. The van der Waals surface area contributed by atoms with E-state index in [2.05, 4.69) is 11.4 Å². The lowest BCUT2D eigenvalue weighted by molar-refractivity contribution is -0.00910. The van der Waals surface area contributed by atoms with Gasteiger partial charge in [0.25, 0.3) is 0 Å². The second-order valence-corrected chi connectivity index (χ2v) is 6.23. The van der Waals surface area contributed by atoms with Gasteiger partial charge in [-0.2, -0.15) is 5.26 Å². The molecule has 2 atom stereocenters. The van der Waals surface area contributed by atoms with Crippen LogP contribution in [0.1, 0.15) is 40.0 Å². The average molecular weight is 251 g/mol. The van der Waals surface area contributed by atoms with Crippen LogP contribution < -0.4 is 5.32 Å². The van der Waals surface area contributed by atoms with Gasteiger partial charge >= 0.3 is 6.09 Å². The van der Waals surface area contributed by atoms with E-state index in [4.69, 9.17) is 10.00 Å². The van der Waals surface area contributed by atoms with Gasteiger partial charge in [0.05, 0.1) is 18.0 Å². The molecule has 5 heteroatoms.